The summed E-state index contributed by atoms with van der Waals surface area (Å²) in [7, 11) is 3.10. The van der Waals surface area contributed by atoms with Crippen molar-refractivity contribution in [2.24, 2.45) is 0 Å². The molecule has 7 heteroatoms. The molecule has 0 saturated carbocycles. The van der Waals surface area contributed by atoms with Crippen LogP contribution in [0, 0.1) is 6.92 Å². The highest BCUT2D eigenvalue weighted by Gasteiger charge is 2.20. The van der Waals surface area contributed by atoms with Crippen molar-refractivity contribution >= 4 is 11.6 Å². The number of rotatable bonds is 6. The Balaban J connectivity index is 1.74. The largest absolute Gasteiger partial charge is 0.497 e. The highest BCUT2D eigenvalue weighted by atomic mass is 16.5. The first-order valence-electron chi connectivity index (χ1n) is 9.72. The third kappa shape index (κ3) is 4.11. The molecule has 0 spiro atoms. The van der Waals surface area contributed by atoms with E-state index in [-0.39, 0.29) is 5.82 Å². The van der Waals surface area contributed by atoms with Crippen LogP contribution in [0.2, 0.25) is 0 Å². The molecule has 0 radical (unpaired) electrons. The third-order valence-corrected chi connectivity index (χ3v) is 4.84. The second-order valence-corrected chi connectivity index (χ2v) is 6.84. The number of nitrogens with zero attached hydrogens (tertiary/aromatic N) is 3. The lowest BCUT2D eigenvalue weighted by Crippen LogP contribution is -2.15. The number of ether oxygens (including phenoxy) is 2. The van der Waals surface area contributed by atoms with Crippen LogP contribution in [0.4, 0.5) is 5.69 Å². The molecule has 0 atom stereocenters. The van der Waals surface area contributed by atoms with E-state index < -0.39 is 5.91 Å². The number of benzene rings is 3. The van der Waals surface area contributed by atoms with Crippen LogP contribution in [0.5, 0.6) is 11.5 Å². The first-order chi connectivity index (χ1) is 15.1. The Labute approximate surface area is 180 Å². The average Bonchev–Trinajstić information content (AvgIpc) is 3.25. The Morgan fingerprint density at radius 1 is 0.935 bits per heavy atom. The number of nitrogens with one attached hydrogen (secondary N) is 1. The minimum Gasteiger partial charge on any atom is -0.497 e. The van der Waals surface area contributed by atoms with Crippen LogP contribution in [0.25, 0.3) is 17.1 Å². The van der Waals surface area contributed by atoms with Gasteiger partial charge in [-0.3, -0.25) is 4.79 Å². The van der Waals surface area contributed by atoms with E-state index >= 15 is 0 Å². The van der Waals surface area contributed by atoms with Crippen molar-refractivity contribution in [3.05, 3.63) is 84.2 Å². The molecule has 1 heterocycles. The van der Waals surface area contributed by atoms with E-state index in [4.69, 9.17) is 9.47 Å². The molecule has 7 nitrogen and oxygen atoms in total. The minimum absolute atomic E-state index is 0.0555. The van der Waals surface area contributed by atoms with Gasteiger partial charge in [-0.15, -0.1) is 5.10 Å². The second-order valence-electron chi connectivity index (χ2n) is 6.84. The van der Waals surface area contributed by atoms with Gasteiger partial charge in [0.2, 0.25) is 5.82 Å². The normalized spacial score (nSPS) is 10.5. The number of aromatic nitrogens is 3. The highest BCUT2D eigenvalue weighted by molar-refractivity contribution is 6.02. The van der Waals surface area contributed by atoms with Crippen LogP contribution >= 0.6 is 0 Å². The van der Waals surface area contributed by atoms with Gasteiger partial charge >= 0.3 is 0 Å². The number of hydrogen-bond acceptors (Lipinski definition) is 5. The minimum atomic E-state index is -0.437. The molecule has 0 saturated heterocycles. The molecule has 1 aromatic heterocycles. The van der Waals surface area contributed by atoms with Crippen molar-refractivity contribution in [1.82, 2.24) is 14.8 Å². The van der Waals surface area contributed by atoms with Crippen LogP contribution in [-0.4, -0.2) is 34.9 Å². The Kier molecular flexibility index (Phi) is 5.66. The van der Waals surface area contributed by atoms with E-state index in [1.165, 1.54) is 7.11 Å². The summed E-state index contributed by atoms with van der Waals surface area (Å²) in [6, 6.07) is 22.6. The molecule has 0 fully saturated rings. The van der Waals surface area contributed by atoms with Crippen molar-refractivity contribution in [1.29, 1.82) is 0 Å². The molecule has 1 amide bonds. The summed E-state index contributed by atoms with van der Waals surface area (Å²) in [5.74, 6) is 1.31. The first-order valence-corrected chi connectivity index (χ1v) is 9.72. The lowest BCUT2D eigenvalue weighted by atomic mass is 10.2. The lowest BCUT2D eigenvalue weighted by molar-refractivity contribution is 0.101. The van der Waals surface area contributed by atoms with Gasteiger partial charge in [0.15, 0.2) is 5.82 Å². The molecule has 4 rings (SSSR count). The Morgan fingerprint density at radius 3 is 2.39 bits per heavy atom. The molecule has 156 valence electrons. The van der Waals surface area contributed by atoms with Gasteiger partial charge in [0.1, 0.15) is 11.5 Å². The zero-order chi connectivity index (χ0) is 21.8. The maximum atomic E-state index is 13.0. The van der Waals surface area contributed by atoms with Crippen molar-refractivity contribution in [2.45, 2.75) is 6.92 Å². The summed E-state index contributed by atoms with van der Waals surface area (Å²) >= 11 is 0. The smallest absolute Gasteiger partial charge is 0.295 e. The third-order valence-electron chi connectivity index (χ3n) is 4.84. The Hall–Kier alpha value is -4.13. The van der Waals surface area contributed by atoms with Gasteiger partial charge in [0.05, 0.1) is 25.6 Å². The summed E-state index contributed by atoms with van der Waals surface area (Å²) in [4.78, 5) is 17.6. The van der Waals surface area contributed by atoms with E-state index in [0.717, 1.165) is 16.8 Å². The van der Waals surface area contributed by atoms with Gasteiger partial charge in [0.25, 0.3) is 5.91 Å². The van der Waals surface area contributed by atoms with E-state index in [0.29, 0.717) is 23.0 Å². The average molecular weight is 414 g/mol. The predicted molar refractivity (Wildman–Crippen MR) is 119 cm³/mol. The topological polar surface area (TPSA) is 78.3 Å². The fourth-order valence-corrected chi connectivity index (χ4v) is 3.23. The number of anilines is 1. The standard InChI is InChI=1S/C24H22N4O3/c1-16-9-7-8-12-20(16)28-23(17-10-5-4-6-11-17)26-22(27-28)24(29)25-19-14-13-18(30-2)15-21(19)31-3/h4-15H,1-3H3,(H,25,29). The fraction of sp³-hybridized carbons (Fsp3) is 0.125. The number of amides is 1. The molecule has 31 heavy (non-hydrogen) atoms. The molecule has 0 aliphatic carbocycles. The number of aryl methyl sites for hydroxylation is 1. The number of methoxy groups -OCH3 is 2. The SMILES string of the molecule is COc1ccc(NC(=O)c2nc(-c3ccccc3)n(-c3ccccc3C)n2)c(OC)c1. The predicted octanol–water partition coefficient (Wildman–Crippen LogP) is 4.51. The van der Waals surface area contributed by atoms with Gasteiger partial charge in [0, 0.05) is 11.6 Å². The number of carbonyl (C=O) groups is 1. The first kappa shape index (κ1) is 20.2. The van der Waals surface area contributed by atoms with Crippen LogP contribution in [0.15, 0.2) is 72.8 Å². The number of carbonyl (C=O) groups excluding carboxylic acids is 1. The molecule has 3 aromatic carbocycles. The van der Waals surface area contributed by atoms with Gasteiger partial charge in [-0.2, -0.15) is 0 Å². The fourth-order valence-electron chi connectivity index (χ4n) is 3.23. The molecule has 0 unspecified atom stereocenters. The maximum absolute atomic E-state index is 13.0. The quantitative estimate of drug-likeness (QED) is 0.502. The van der Waals surface area contributed by atoms with E-state index in [9.17, 15) is 4.79 Å². The van der Waals surface area contributed by atoms with Crippen LogP contribution in [0.1, 0.15) is 16.2 Å². The zero-order valence-electron chi connectivity index (χ0n) is 17.5. The van der Waals surface area contributed by atoms with Crippen molar-refractivity contribution in [3.8, 4) is 28.6 Å². The van der Waals surface area contributed by atoms with E-state index in [1.54, 1.807) is 30.0 Å². The molecule has 4 aromatic rings. The summed E-state index contributed by atoms with van der Waals surface area (Å²) in [5.41, 5.74) is 3.24. The lowest BCUT2D eigenvalue weighted by Gasteiger charge is -2.10. The van der Waals surface area contributed by atoms with Gasteiger partial charge in [-0.05, 0) is 30.7 Å². The molecule has 0 aliphatic heterocycles. The summed E-state index contributed by atoms with van der Waals surface area (Å²) < 4.78 is 12.3. The summed E-state index contributed by atoms with van der Waals surface area (Å²) in [5, 5.41) is 7.36. The number of para-hydroxylation sites is 1. The van der Waals surface area contributed by atoms with Crippen LogP contribution in [0.3, 0.4) is 0 Å². The van der Waals surface area contributed by atoms with E-state index in [2.05, 4.69) is 15.4 Å². The Morgan fingerprint density at radius 2 is 1.68 bits per heavy atom. The summed E-state index contributed by atoms with van der Waals surface area (Å²) in [6.07, 6.45) is 0. The monoisotopic (exact) mass is 414 g/mol. The molecular formula is C24H22N4O3. The van der Waals surface area contributed by atoms with Gasteiger partial charge < -0.3 is 14.8 Å². The number of hydrogen-bond donors (Lipinski definition) is 1. The highest BCUT2D eigenvalue weighted by Crippen LogP contribution is 2.29. The van der Waals surface area contributed by atoms with Gasteiger partial charge in [-0.1, -0.05) is 48.5 Å². The van der Waals surface area contributed by atoms with Gasteiger partial charge in [-0.25, -0.2) is 9.67 Å². The van der Waals surface area contributed by atoms with Crippen molar-refractivity contribution in [3.63, 3.8) is 0 Å². The second kappa shape index (κ2) is 8.71. The molecule has 0 aliphatic rings. The van der Waals surface area contributed by atoms with Crippen molar-refractivity contribution < 1.29 is 14.3 Å². The molecular weight excluding hydrogens is 392 g/mol. The molecule has 1 N–H and O–H groups in total. The maximum Gasteiger partial charge on any atom is 0.295 e. The zero-order valence-corrected chi connectivity index (χ0v) is 17.5. The van der Waals surface area contributed by atoms with E-state index in [1.807, 2.05) is 61.5 Å². The van der Waals surface area contributed by atoms with Crippen LogP contribution in [-0.2, 0) is 0 Å². The molecule has 0 bridgehead atoms. The van der Waals surface area contributed by atoms with Crippen molar-refractivity contribution in [2.75, 3.05) is 19.5 Å². The Bertz CT molecular complexity index is 1220. The summed E-state index contributed by atoms with van der Waals surface area (Å²) in [6.45, 7) is 1.99. The van der Waals surface area contributed by atoms with Crippen LogP contribution < -0.4 is 14.8 Å².